The fourth-order valence-corrected chi connectivity index (χ4v) is 3.13. The minimum Gasteiger partial charge on any atom is -0.487 e. The predicted octanol–water partition coefficient (Wildman–Crippen LogP) is 2.94. The summed E-state index contributed by atoms with van der Waals surface area (Å²) < 4.78 is 21.7. The molecule has 1 aromatic heterocycles. The Morgan fingerprint density at radius 2 is 1.87 bits per heavy atom. The van der Waals surface area contributed by atoms with Gasteiger partial charge in [-0.3, -0.25) is 4.79 Å². The number of amides is 1. The Bertz CT molecular complexity index is 968. The SMILES string of the molecule is COCc1nc(-c2ccc(OC3CN(C(=O)C(C)Oc4ccccc4)C3)cc2)no1. The Morgan fingerprint density at radius 1 is 1.13 bits per heavy atom. The van der Waals surface area contributed by atoms with Gasteiger partial charge in [-0.15, -0.1) is 0 Å². The number of para-hydroxylation sites is 1. The summed E-state index contributed by atoms with van der Waals surface area (Å²) in [7, 11) is 1.57. The van der Waals surface area contributed by atoms with Crippen molar-refractivity contribution in [3.63, 3.8) is 0 Å². The van der Waals surface area contributed by atoms with E-state index in [1.54, 1.807) is 18.9 Å². The van der Waals surface area contributed by atoms with Crippen molar-refractivity contribution >= 4 is 5.91 Å². The number of hydrogen-bond donors (Lipinski definition) is 0. The van der Waals surface area contributed by atoms with Crippen molar-refractivity contribution in [1.82, 2.24) is 15.0 Å². The number of hydrogen-bond acceptors (Lipinski definition) is 7. The molecule has 0 saturated carbocycles. The van der Waals surface area contributed by atoms with Crippen molar-refractivity contribution < 1.29 is 23.5 Å². The molecule has 1 atom stereocenters. The summed E-state index contributed by atoms with van der Waals surface area (Å²) in [5.41, 5.74) is 0.825. The molecule has 1 fully saturated rings. The number of methoxy groups -OCH3 is 1. The average Bonchev–Trinajstić information content (AvgIpc) is 3.20. The summed E-state index contributed by atoms with van der Waals surface area (Å²) in [6.07, 6.45) is -0.576. The van der Waals surface area contributed by atoms with E-state index in [9.17, 15) is 4.79 Å². The van der Waals surface area contributed by atoms with Crippen LogP contribution in [0.25, 0.3) is 11.4 Å². The van der Waals surface area contributed by atoms with Crippen molar-refractivity contribution in [1.29, 1.82) is 0 Å². The number of rotatable bonds is 8. The molecule has 1 amide bonds. The first-order valence-corrected chi connectivity index (χ1v) is 9.71. The van der Waals surface area contributed by atoms with E-state index in [1.807, 2.05) is 54.6 Å². The third kappa shape index (κ3) is 4.60. The topological polar surface area (TPSA) is 86.9 Å². The maximum absolute atomic E-state index is 12.5. The quantitative estimate of drug-likeness (QED) is 0.565. The van der Waals surface area contributed by atoms with Crippen molar-refractivity contribution in [3.05, 3.63) is 60.5 Å². The van der Waals surface area contributed by atoms with Crippen LogP contribution in [0.4, 0.5) is 0 Å². The van der Waals surface area contributed by atoms with Crippen LogP contribution in [0, 0.1) is 0 Å². The maximum Gasteiger partial charge on any atom is 0.263 e. The molecule has 8 nitrogen and oxygen atoms in total. The van der Waals surface area contributed by atoms with Crippen LogP contribution in [0.5, 0.6) is 11.5 Å². The lowest BCUT2D eigenvalue weighted by Crippen LogP contribution is -2.58. The highest BCUT2D eigenvalue weighted by molar-refractivity contribution is 5.81. The Kier molecular flexibility index (Phi) is 5.94. The molecule has 8 heteroatoms. The fraction of sp³-hybridized carbons (Fsp3) is 0.318. The summed E-state index contributed by atoms with van der Waals surface area (Å²) in [5, 5.41) is 3.94. The highest BCUT2D eigenvalue weighted by Crippen LogP contribution is 2.23. The van der Waals surface area contributed by atoms with Crippen LogP contribution in [0.15, 0.2) is 59.1 Å². The molecule has 1 aliphatic rings. The number of nitrogens with zero attached hydrogens (tertiary/aromatic N) is 3. The molecule has 0 spiro atoms. The Morgan fingerprint density at radius 3 is 2.57 bits per heavy atom. The molecule has 0 N–H and O–H groups in total. The van der Waals surface area contributed by atoms with E-state index in [0.717, 1.165) is 11.3 Å². The predicted molar refractivity (Wildman–Crippen MR) is 108 cm³/mol. The monoisotopic (exact) mass is 409 g/mol. The van der Waals surface area contributed by atoms with E-state index < -0.39 is 6.10 Å². The smallest absolute Gasteiger partial charge is 0.263 e. The van der Waals surface area contributed by atoms with E-state index in [2.05, 4.69) is 10.1 Å². The molecule has 4 rings (SSSR count). The zero-order valence-electron chi connectivity index (χ0n) is 16.9. The number of carbonyl (C=O) groups excluding carboxylic acids is 1. The van der Waals surface area contributed by atoms with Crippen LogP contribution >= 0.6 is 0 Å². The number of carbonyl (C=O) groups is 1. The van der Waals surface area contributed by atoms with Crippen molar-refractivity contribution in [2.75, 3.05) is 20.2 Å². The normalized spacial score (nSPS) is 14.8. The van der Waals surface area contributed by atoms with Crippen molar-refractivity contribution in [2.24, 2.45) is 0 Å². The summed E-state index contributed by atoms with van der Waals surface area (Å²) >= 11 is 0. The van der Waals surface area contributed by atoms with Crippen LogP contribution < -0.4 is 9.47 Å². The van der Waals surface area contributed by atoms with Gasteiger partial charge < -0.3 is 23.6 Å². The zero-order valence-corrected chi connectivity index (χ0v) is 16.9. The summed E-state index contributed by atoms with van der Waals surface area (Å²) in [4.78, 5) is 18.5. The standard InChI is InChI=1S/C22H23N3O5/c1-15(28-17-6-4-3-5-7-17)22(26)25-12-19(13-25)29-18-10-8-16(9-11-18)21-23-20(14-27-2)30-24-21/h3-11,15,19H,12-14H2,1-2H3. The van der Waals surface area contributed by atoms with Gasteiger partial charge in [0.05, 0.1) is 13.1 Å². The van der Waals surface area contributed by atoms with Gasteiger partial charge in [0, 0.05) is 12.7 Å². The number of ether oxygens (including phenoxy) is 3. The van der Waals surface area contributed by atoms with Gasteiger partial charge >= 0.3 is 0 Å². The first-order valence-electron chi connectivity index (χ1n) is 9.71. The van der Waals surface area contributed by atoms with Crippen LogP contribution in [0.2, 0.25) is 0 Å². The molecule has 1 saturated heterocycles. The lowest BCUT2D eigenvalue weighted by molar-refractivity contribution is -0.146. The molecular weight excluding hydrogens is 386 g/mol. The molecular formula is C22H23N3O5. The first-order chi connectivity index (χ1) is 14.6. The number of likely N-dealkylation sites (tertiary alicyclic amines) is 1. The highest BCUT2D eigenvalue weighted by Gasteiger charge is 2.35. The molecule has 1 aliphatic heterocycles. The van der Waals surface area contributed by atoms with E-state index in [0.29, 0.717) is 30.6 Å². The van der Waals surface area contributed by atoms with Crippen LogP contribution in [-0.2, 0) is 16.1 Å². The van der Waals surface area contributed by atoms with Gasteiger partial charge in [0.25, 0.3) is 11.8 Å². The second-order valence-electron chi connectivity index (χ2n) is 7.03. The second kappa shape index (κ2) is 8.96. The lowest BCUT2D eigenvalue weighted by Gasteiger charge is -2.40. The van der Waals surface area contributed by atoms with Gasteiger partial charge in [-0.1, -0.05) is 23.4 Å². The summed E-state index contributed by atoms with van der Waals surface area (Å²) in [6, 6.07) is 16.8. The number of aromatic nitrogens is 2. The van der Waals surface area contributed by atoms with Gasteiger partial charge in [0.2, 0.25) is 5.82 Å². The molecule has 1 unspecified atom stereocenters. The minimum atomic E-state index is -0.536. The van der Waals surface area contributed by atoms with Crippen molar-refractivity contribution in [3.8, 4) is 22.9 Å². The number of benzene rings is 2. The lowest BCUT2D eigenvalue weighted by atomic mass is 10.1. The van der Waals surface area contributed by atoms with E-state index >= 15 is 0 Å². The molecule has 0 aliphatic carbocycles. The van der Waals surface area contributed by atoms with E-state index in [4.69, 9.17) is 18.7 Å². The Labute approximate surface area is 174 Å². The largest absolute Gasteiger partial charge is 0.487 e. The molecule has 2 aromatic carbocycles. The fourth-order valence-electron chi connectivity index (χ4n) is 3.13. The second-order valence-corrected chi connectivity index (χ2v) is 7.03. The van der Waals surface area contributed by atoms with Crippen molar-refractivity contribution in [2.45, 2.75) is 25.7 Å². The first kappa shape index (κ1) is 19.9. The molecule has 2 heterocycles. The van der Waals surface area contributed by atoms with E-state index in [1.165, 1.54) is 0 Å². The highest BCUT2D eigenvalue weighted by atomic mass is 16.5. The van der Waals surface area contributed by atoms with Gasteiger partial charge in [0.1, 0.15) is 24.2 Å². The summed E-state index contributed by atoms with van der Waals surface area (Å²) in [6.45, 7) is 3.11. The molecule has 30 heavy (non-hydrogen) atoms. The molecule has 3 aromatic rings. The minimum absolute atomic E-state index is 0.0396. The Balaban J connectivity index is 1.26. The van der Waals surface area contributed by atoms with Crippen LogP contribution in [-0.4, -0.2) is 53.4 Å². The molecule has 156 valence electrons. The third-order valence-electron chi connectivity index (χ3n) is 4.71. The molecule has 0 bridgehead atoms. The Hall–Kier alpha value is -3.39. The van der Waals surface area contributed by atoms with E-state index in [-0.39, 0.29) is 18.6 Å². The summed E-state index contributed by atoms with van der Waals surface area (Å²) in [5.74, 6) is 2.30. The zero-order chi connectivity index (χ0) is 20.9. The molecule has 0 radical (unpaired) electrons. The van der Waals surface area contributed by atoms with Gasteiger partial charge in [-0.25, -0.2) is 0 Å². The van der Waals surface area contributed by atoms with Gasteiger partial charge in [-0.05, 0) is 43.3 Å². The van der Waals surface area contributed by atoms with Gasteiger partial charge in [0.15, 0.2) is 6.10 Å². The third-order valence-corrected chi connectivity index (χ3v) is 4.71. The maximum atomic E-state index is 12.5. The van der Waals surface area contributed by atoms with Gasteiger partial charge in [-0.2, -0.15) is 4.98 Å². The van der Waals surface area contributed by atoms with Crippen LogP contribution in [0.1, 0.15) is 12.8 Å². The van der Waals surface area contributed by atoms with Crippen LogP contribution in [0.3, 0.4) is 0 Å². The average molecular weight is 409 g/mol.